The molecule has 5 N–H and O–H groups in total. The molecule has 1 aromatic carbocycles. The Morgan fingerprint density at radius 2 is 2.12 bits per heavy atom. The minimum Gasteiger partial charge on any atom is -0.481 e. The molecule has 1 aromatic heterocycles. The minimum absolute atomic E-state index is 0.0308. The van der Waals surface area contributed by atoms with E-state index in [4.69, 9.17) is 32.2 Å². The molecule has 2 amide bonds. The molecule has 1 heterocycles. The van der Waals surface area contributed by atoms with Crippen LogP contribution < -0.4 is 21.1 Å². The summed E-state index contributed by atoms with van der Waals surface area (Å²) in [6.07, 6.45) is 1.20. The zero-order valence-electron chi connectivity index (χ0n) is 12.9. The second kappa shape index (κ2) is 7.47. The number of nitrogens with one attached hydrogen (secondary N) is 3. The van der Waals surface area contributed by atoms with Crippen LogP contribution in [0.1, 0.15) is 5.56 Å². The number of urea groups is 1. The lowest BCUT2D eigenvalue weighted by atomic mass is 10.2. The smallest absolute Gasteiger partial charge is 0.318 e. The van der Waals surface area contributed by atoms with E-state index in [1.54, 1.807) is 12.1 Å². The summed E-state index contributed by atoms with van der Waals surface area (Å²) in [6, 6.07) is 4.28. The van der Waals surface area contributed by atoms with Crippen LogP contribution in [0.15, 0.2) is 24.5 Å². The zero-order valence-corrected chi connectivity index (χ0v) is 13.6. The summed E-state index contributed by atoms with van der Waals surface area (Å²) in [7, 11) is 2.82. The summed E-state index contributed by atoms with van der Waals surface area (Å²) >= 11 is 6.16. The second-order valence-electron chi connectivity index (χ2n) is 4.42. The first-order chi connectivity index (χ1) is 11.5. The van der Waals surface area contributed by atoms with Crippen molar-refractivity contribution in [3.05, 3.63) is 35.1 Å². The highest BCUT2D eigenvalue weighted by Gasteiger charge is 2.18. The number of nitrogens with two attached hydrogens (primary N) is 1. The molecule has 24 heavy (non-hydrogen) atoms. The number of methoxy groups -OCH3 is 1. The van der Waals surface area contributed by atoms with Crippen LogP contribution in [0.4, 0.5) is 16.3 Å². The summed E-state index contributed by atoms with van der Waals surface area (Å²) in [5.41, 5.74) is 6.34. The quantitative estimate of drug-likeness (QED) is 0.493. The van der Waals surface area contributed by atoms with Gasteiger partial charge in [0.15, 0.2) is 0 Å². The van der Waals surface area contributed by atoms with E-state index in [0.29, 0.717) is 5.69 Å². The Labute approximate surface area is 142 Å². The van der Waals surface area contributed by atoms with E-state index in [1.807, 2.05) is 0 Å². The predicted molar refractivity (Wildman–Crippen MR) is 89.9 cm³/mol. The number of aromatic nitrogens is 2. The van der Waals surface area contributed by atoms with Crippen molar-refractivity contribution in [3.8, 4) is 11.6 Å². The zero-order chi connectivity index (χ0) is 17.7. The highest BCUT2D eigenvalue weighted by atomic mass is 35.5. The highest BCUT2D eigenvalue weighted by molar-refractivity contribution is 6.32. The van der Waals surface area contributed by atoms with Gasteiger partial charge in [-0.3, -0.25) is 5.41 Å². The Hall–Kier alpha value is -3.07. The molecule has 9 nitrogen and oxygen atoms in total. The highest BCUT2D eigenvalue weighted by Crippen LogP contribution is 2.33. The van der Waals surface area contributed by atoms with E-state index in [9.17, 15) is 4.79 Å². The predicted octanol–water partition coefficient (Wildman–Crippen LogP) is 2.23. The maximum atomic E-state index is 11.3. The average Bonchev–Trinajstić information content (AvgIpc) is 2.56. The number of carbonyl (C=O) groups excluding carboxylic acids is 1. The van der Waals surface area contributed by atoms with Crippen LogP contribution in [-0.4, -0.2) is 36.1 Å². The first-order valence-electron chi connectivity index (χ1n) is 6.65. The van der Waals surface area contributed by atoms with Crippen LogP contribution in [0.3, 0.4) is 0 Å². The SMILES string of the molecule is CNC(=O)Nc1ccc(Oc2ncnc(N)c2C(=N)OC)c(Cl)c1. The molecule has 0 radical (unpaired) electrons. The third-order valence-electron chi connectivity index (χ3n) is 2.90. The van der Waals surface area contributed by atoms with E-state index in [0.717, 1.165) is 0 Å². The molecule has 0 atom stereocenters. The fourth-order valence-electron chi connectivity index (χ4n) is 1.73. The molecule has 0 aliphatic rings. The number of anilines is 2. The number of carbonyl (C=O) groups is 1. The van der Waals surface area contributed by atoms with E-state index < -0.39 is 0 Å². The monoisotopic (exact) mass is 350 g/mol. The standard InChI is InChI=1S/C14H15ClN6O3/c1-18-14(22)21-7-3-4-9(8(15)5-7)24-13-10(12(17)23-2)11(16)19-6-20-13/h3-6,17H,1-2H3,(H2,16,19,20)(H2,18,21,22). The summed E-state index contributed by atoms with van der Waals surface area (Å²) in [5, 5.41) is 13.0. The largest absolute Gasteiger partial charge is 0.481 e. The normalized spacial score (nSPS) is 9.96. The summed E-state index contributed by atoms with van der Waals surface area (Å²) in [6.45, 7) is 0. The van der Waals surface area contributed by atoms with Crippen LogP contribution >= 0.6 is 11.6 Å². The molecule has 2 aromatic rings. The number of nitrogens with zero attached hydrogens (tertiary/aromatic N) is 2. The maximum absolute atomic E-state index is 11.3. The number of halogens is 1. The Morgan fingerprint density at radius 3 is 2.75 bits per heavy atom. The van der Waals surface area contributed by atoms with Crippen LogP contribution in [0.5, 0.6) is 11.6 Å². The van der Waals surface area contributed by atoms with Gasteiger partial charge in [-0.2, -0.15) is 0 Å². The first kappa shape index (κ1) is 17.3. The third-order valence-corrected chi connectivity index (χ3v) is 3.19. The molecule has 2 rings (SSSR count). The van der Waals surface area contributed by atoms with Gasteiger partial charge in [0, 0.05) is 12.7 Å². The number of hydrogen-bond donors (Lipinski definition) is 4. The van der Waals surface area contributed by atoms with Gasteiger partial charge in [-0.15, -0.1) is 0 Å². The van der Waals surface area contributed by atoms with Crippen molar-refractivity contribution in [2.24, 2.45) is 0 Å². The van der Waals surface area contributed by atoms with Gasteiger partial charge < -0.3 is 25.8 Å². The van der Waals surface area contributed by atoms with Crippen molar-refractivity contribution in [3.63, 3.8) is 0 Å². The summed E-state index contributed by atoms with van der Waals surface area (Å²) < 4.78 is 10.5. The third kappa shape index (κ3) is 3.82. The molecule has 0 saturated heterocycles. The molecule has 0 bridgehead atoms. The number of hydrogen-bond acceptors (Lipinski definition) is 7. The van der Waals surface area contributed by atoms with Gasteiger partial charge in [-0.1, -0.05) is 11.6 Å². The molecule has 10 heteroatoms. The molecule has 0 spiro atoms. The van der Waals surface area contributed by atoms with Gasteiger partial charge in [0.25, 0.3) is 0 Å². The lowest BCUT2D eigenvalue weighted by Gasteiger charge is -2.13. The van der Waals surface area contributed by atoms with Crippen LogP contribution in [0.25, 0.3) is 0 Å². The van der Waals surface area contributed by atoms with Crippen molar-refractivity contribution in [1.82, 2.24) is 15.3 Å². The van der Waals surface area contributed by atoms with E-state index in [1.165, 1.54) is 26.6 Å². The van der Waals surface area contributed by atoms with Crippen LogP contribution in [0, 0.1) is 5.41 Å². The maximum Gasteiger partial charge on any atom is 0.318 e. The molecule has 0 unspecified atom stereocenters. The average molecular weight is 351 g/mol. The van der Waals surface area contributed by atoms with Crippen molar-refractivity contribution in [2.45, 2.75) is 0 Å². The summed E-state index contributed by atoms with van der Waals surface area (Å²) in [5.74, 6) is 0.101. The van der Waals surface area contributed by atoms with Crippen LogP contribution in [0.2, 0.25) is 5.02 Å². The van der Waals surface area contributed by atoms with Crippen LogP contribution in [-0.2, 0) is 4.74 Å². The fraction of sp³-hybridized carbons (Fsp3) is 0.143. The molecule has 0 aliphatic carbocycles. The Kier molecular flexibility index (Phi) is 5.38. The van der Waals surface area contributed by atoms with Gasteiger partial charge in [-0.05, 0) is 18.2 Å². The minimum atomic E-state index is -0.376. The van der Waals surface area contributed by atoms with Crippen molar-refractivity contribution < 1.29 is 14.3 Å². The van der Waals surface area contributed by atoms with Crippen molar-refractivity contribution >= 4 is 35.0 Å². The van der Waals surface area contributed by atoms with Gasteiger partial charge in [0.2, 0.25) is 11.8 Å². The molecule has 0 aliphatic heterocycles. The topological polar surface area (TPSA) is 135 Å². The second-order valence-corrected chi connectivity index (χ2v) is 4.83. The molecular weight excluding hydrogens is 336 g/mol. The lowest BCUT2D eigenvalue weighted by molar-refractivity contribution is 0.254. The van der Waals surface area contributed by atoms with Crippen molar-refractivity contribution in [1.29, 1.82) is 5.41 Å². The van der Waals surface area contributed by atoms with E-state index >= 15 is 0 Å². The Balaban J connectivity index is 2.31. The van der Waals surface area contributed by atoms with Gasteiger partial charge in [0.1, 0.15) is 23.5 Å². The van der Waals surface area contributed by atoms with E-state index in [-0.39, 0.29) is 40.0 Å². The fourth-order valence-corrected chi connectivity index (χ4v) is 1.95. The first-order valence-corrected chi connectivity index (χ1v) is 7.03. The molecule has 0 saturated carbocycles. The number of rotatable bonds is 4. The Morgan fingerprint density at radius 1 is 1.38 bits per heavy atom. The number of ether oxygens (including phenoxy) is 2. The van der Waals surface area contributed by atoms with Gasteiger partial charge in [0.05, 0.1) is 12.1 Å². The number of benzene rings is 1. The Bertz CT molecular complexity index is 783. The van der Waals surface area contributed by atoms with Gasteiger partial charge >= 0.3 is 6.03 Å². The summed E-state index contributed by atoms with van der Waals surface area (Å²) in [4.78, 5) is 19.1. The molecular formula is C14H15ClN6O3. The molecule has 126 valence electrons. The van der Waals surface area contributed by atoms with E-state index in [2.05, 4.69) is 20.6 Å². The van der Waals surface area contributed by atoms with Crippen molar-refractivity contribution in [2.75, 3.05) is 25.2 Å². The van der Waals surface area contributed by atoms with Gasteiger partial charge in [-0.25, -0.2) is 14.8 Å². The molecule has 0 fully saturated rings. The number of nitrogen functional groups attached to an aromatic ring is 1. The lowest BCUT2D eigenvalue weighted by Crippen LogP contribution is -2.24. The number of amides is 2.